The third kappa shape index (κ3) is 9.95. The van der Waals surface area contributed by atoms with Crippen LogP contribution < -0.4 is 5.32 Å². The SMILES string of the molecule is CCN(C)CCNCCCS(C)(=O)=O. The molecule has 0 aliphatic carbocycles. The highest BCUT2D eigenvalue weighted by Gasteiger charge is 2.00. The zero-order valence-electron chi connectivity index (χ0n) is 9.41. The minimum atomic E-state index is -2.78. The van der Waals surface area contributed by atoms with Gasteiger partial charge in [0.2, 0.25) is 0 Å². The summed E-state index contributed by atoms with van der Waals surface area (Å²) in [5.74, 6) is 0.281. The van der Waals surface area contributed by atoms with Crippen LogP contribution in [0.15, 0.2) is 0 Å². The Morgan fingerprint density at radius 3 is 2.43 bits per heavy atom. The molecule has 0 aliphatic heterocycles. The molecule has 0 atom stereocenters. The van der Waals surface area contributed by atoms with Gasteiger partial charge in [-0.1, -0.05) is 6.92 Å². The van der Waals surface area contributed by atoms with Gasteiger partial charge in [0.15, 0.2) is 0 Å². The summed E-state index contributed by atoms with van der Waals surface area (Å²) in [6.07, 6.45) is 1.98. The molecule has 0 unspecified atom stereocenters. The van der Waals surface area contributed by atoms with Crippen molar-refractivity contribution in [1.29, 1.82) is 0 Å². The van der Waals surface area contributed by atoms with Gasteiger partial charge in [-0.15, -0.1) is 0 Å². The van der Waals surface area contributed by atoms with Crippen LogP contribution in [-0.2, 0) is 9.84 Å². The van der Waals surface area contributed by atoms with E-state index < -0.39 is 9.84 Å². The fourth-order valence-corrected chi connectivity index (χ4v) is 1.68. The van der Waals surface area contributed by atoms with Gasteiger partial charge in [-0.05, 0) is 26.6 Å². The molecule has 14 heavy (non-hydrogen) atoms. The molecular weight excluding hydrogens is 200 g/mol. The van der Waals surface area contributed by atoms with E-state index in [-0.39, 0.29) is 5.75 Å². The van der Waals surface area contributed by atoms with Crippen LogP contribution in [0.5, 0.6) is 0 Å². The number of hydrogen-bond acceptors (Lipinski definition) is 4. The van der Waals surface area contributed by atoms with E-state index in [0.29, 0.717) is 6.42 Å². The second kappa shape index (κ2) is 7.20. The van der Waals surface area contributed by atoms with Gasteiger partial charge in [0.05, 0.1) is 5.75 Å². The van der Waals surface area contributed by atoms with Crippen molar-refractivity contribution in [3.05, 3.63) is 0 Å². The van der Waals surface area contributed by atoms with Crippen molar-refractivity contribution < 1.29 is 8.42 Å². The molecule has 0 aromatic carbocycles. The van der Waals surface area contributed by atoms with Gasteiger partial charge in [-0.2, -0.15) is 0 Å². The molecule has 0 spiro atoms. The first-order chi connectivity index (χ1) is 6.45. The summed E-state index contributed by atoms with van der Waals surface area (Å²) in [4.78, 5) is 2.21. The topological polar surface area (TPSA) is 49.4 Å². The molecule has 86 valence electrons. The summed E-state index contributed by atoms with van der Waals surface area (Å²) < 4.78 is 21.6. The number of nitrogens with zero attached hydrogens (tertiary/aromatic N) is 1. The molecule has 0 aliphatic rings. The van der Waals surface area contributed by atoms with E-state index in [9.17, 15) is 8.42 Å². The first-order valence-corrected chi connectivity index (χ1v) is 7.08. The minimum absolute atomic E-state index is 0.281. The van der Waals surface area contributed by atoms with Crippen molar-refractivity contribution >= 4 is 9.84 Å². The molecule has 0 bridgehead atoms. The number of hydrogen-bond donors (Lipinski definition) is 1. The average molecular weight is 222 g/mol. The van der Waals surface area contributed by atoms with Gasteiger partial charge in [0, 0.05) is 19.3 Å². The molecule has 0 fully saturated rings. The zero-order chi connectivity index (χ0) is 11.0. The van der Waals surface area contributed by atoms with Gasteiger partial charge >= 0.3 is 0 Å². The predicted molar refractivity (Wildman–Crippen MR) is 60.4 cm³/mol. The smallest absolute Gasteiger partial charge is 0.147 e. The summed E-state index contributed by atoms with van der Waals surface area (Å²) in [5.41, 5.74) is 0. The summed E-state index contributed by atoms with van der Waals surface area (Å²) >= 11 is 0. The van der Waals surface area contributed by atoms with Crippen LogP contribution in [0.25, 0.3) is 0 Å². The lowest BCUT2D eigenvalue weighted by atomic mass is 10.4. The number of rotatable bonds is 8. The predicted octanol–water partition coefficient (Wildman–Crippen LogP) is -0.0376. The van der Waals surface area contributed by atoms with Crippen LogP contribution in [0.3, 0.4) is 0 Å². The van der Waals surface area contributed by atoms with Crippen molar-refractivity contribution in [3.63, 3.8) is 0 Å². The molecule has 0 aromatic rings. The van der Waals surface area contributed by atoms with Crippen LogP contribution in [0.2, 0.25) is 0 Å². The maximum absolute atomic E-state index is 10.8. The van der Waals surface area contributed by atoms with Crippen LogP contribution in [0.1, 0.15) is 13.3 Å². The summed E-state index contributed by atoms with van der Waals surface area (Å²) in [6.45, 7) is 5.88. The highest BCUT2D eigenvalue weighted by molar-refractivity contribution is 7.90. The highest BCUT2D eigenvalue weighted by atomic mass is 32.2. The Bertz CT molecular complexity index is 227. The van der Waals surface area contributed by atoms with Crippen molar-refractivity contribution in [3.8, 4) is 0 Å². The molecule has 0 amide bonds. The number of likely N-dealkylation sites (N-methyl/N-ethyl adjacent to an activating group) is 1. The Hall–Kier alpha value is -0.130. The molecular formula is C9H22N2O2S. The Kier molecular flexibility index (Phi) is 7.13. The molecule has 1 N–H and O–H groups in total. The lowest BCUT2D eigenvalue weighted by molar-refractivity contribution is 0.349. The normalized spacial score (nSPS) is 12.3. The summed E-state index contributed by atoms with van der Waals surface area (Å²) in [6, 6.07) is 0. The molecule has 0 saturated heterocycles. The molecule has 0 heterocycles. The number of sulfone groups is 1. The maximum Gasteiger partial charge on any atom is 0.147 e. The van der Waals surface area contributed by atoms with Gasteiger partial charge in [0.1, 0.15) is 9.84 Å². The van der Waals surface area contributed by atoms with Crippen molar-refractivity contribution in [2.45, 2.75) is 13.3 Å². The summed E-state index contributed by atoms with van der Waals surface area (Å²) in [7, 11) is -0.715. The first-order valence-electron chi connectivity index (χ1n) is 5.02. The fourth-order valence-electron chi connectivity index (χ4n) is 1.01. The van der Waals surface area contributed by atoms with E-state index in [2.05, 4.69) is 24.2 Å². The molecule has 0 saturated carbocycles. The van der Waals surface area contributed by atoms with E-state index in [1.165, 1.54) is 6.26 Å². The lowest BCUT2D eigenvalue weighted by Crippen LogP contribution is -2.30. The maximum atomic E-state index is 10.8. The van der Waals surface area contributed by atoms with Gasteiger partial charge in [0.25, 0.3) is 0 Å². The van der Waals surface area contributed by atoms with Crippen molar-refractivity contribution in [2.75, 3.05) is 45.2 Å². The van der Waals surface area contributed by atoms with Crippen molar-refractivity contribution in [2.24, 2.45) is 0 Å². The number of nitrogens with one attached hydrogen (secondary N) is 1. The van der Waals surface area contributed by atoms with Gasteiger partial charge in [-0.3, -0.25) is 0 Å². The van der Waals surface area contributed by atoms with E-state index >= 15 is 0 Å². The van der Waals surface area contributed by atoms with E-state index in [4.69, 9.17) is 0 Å². The second-order valence-corrected chi connectivity index (χ2v) is 5.89. The van der Waals surface area contributed by atoms with Crippen LogP contribution in [0.4, 0.5) is 0 Å². The lowest BCUT2D eigenvalue weighted by Gasteiger charge is -2.13. The molecule has 0 rings (SSSR count). The van der Waals surface area contributed by atoms with Crippen LogP contribution in [0, 0.1) is 0 Å². The third-order valence-corrected chi connectivity index (χ3v) is 3.11. The standard InChI is InChI=1S/C9H22N2O2S/c1-4-11(2)8-7-10-6-5-9-14(3,12)13/h10H,4-9H2,1-3H3. The van der Waals surface area contributed by atoms with Gasteiger partial charge < -0.3 is 10.2 Å². The Labute approximate surface area is 87.6 Å². The molecule has 0 aromatic heterocycles. The second-order valence-electron chi connectivity index (χ2n) is 3.63. The fraction of sp³-hybridized carbons (Fsp3) is 1.00. The first kappa shape index (κ1) is 13.9. The van der Waals surface area contributed by atoms with E-state index in [1.807, 2.05) is 0 Å². The highest BCUT2D eigenvalue weighted by Crippen LogP contribution is 1.86. The van der Waals surface area contributed by atoms with Gasteiger partial charge in [-0.25, -0.2) is 8.42 Å². The molecule has 4 nitrogen and oxygen atoms in total. The van der Waals surface area contributed by atoms with E-state index in [0.717, 1.165) is 26.2 Å². The average Bonchev–Trinajstić information content (AvgIpc) is 2.08. The Balaban J connectivity index is 3.23. The minimum Gasteiger partial charge on any atom is -0.315 e. The van der Waals surface area contributed by atoms with Crippen LogP contribution >= 0.6 is 0 Å². The van der Waals surface area contributed by atoms with E-state index in [1.54, 1.807) is 0 Å². The molecule has 5 heteroatoms. The third-order valence-electron chi connectivity index (χ3n) is 2.08. The quantitative estimate of drug-likeness (QED) is 0.586. The monoisotopic (exact) mass is 222 g/mol. The largest absolute Gasteiger partial charge is 0.315 e. The van der Waals surface area contributed by atoms with Crippen molar-refractivity contribution in [1.82, 2.24) is 10.2 Å². The summed E-state index contributed by atoms with van der Waals surface area (Å²) in [5, 5.41) is 3.22. The Morgan fingerprint density at radius 1 is 1.29 bits per heavy atom. The molecule has 0 radical (unpaired) electrons. The van der Waals surface area contributed by atoms with Crippen LogP contribution in [-0.4, -0.2) is 58.6 Å². The zero-order valence-corrected chi connectivity index (χ0v) is 10.2. The Morgan fingerprint density at radius 2 is 1.93 bits per heavy atom.